The summed E-state index contributed by atoms with van der Waals surface area (Å²) in [5.74, 6) is -0.380. The Morgan fingerprint density at radius 3 is 2.87 bits per heavy atom. The van der Waals surface area contributed by atoms with E-state index in [1.165, 1.54) is 7.11 Å². The summed E-state index contributed by atoms with van der Waals surface area (Å²) >= 11 is 3.26. The highest BCUT2D eigenvalue weighted by Crippen LogP contribution is 2.23. The van der Waals surface area contributed by atoms with Crippen LogP contribution in [0.3, 0.4) is 0 Å². The molecule has 0 radical (unpaired) electrons. The molecule has 0 unspecified atom stereocenters. The molecule has 0 aliphatic carbocycles. The van der Waals surface area contributed by atoms with Crippen molar-refractivity contribution in [1.29, 1.82) is 0 Å². The number of nitrogens with zero attached hydrogens (tertiary/aromatic N) is 1. The first-order chi connectivity index (χ1) is 7.06. The van der Waals surface area contributed by atoms with Gasteiger partial charge in [-0.2, -0.15) is 0 Å². The van der Waals surface area contributed by atoms with E-state index in [1.807, 2.05) is 0 Å². The van der Waals surface area contributed by atoms with Gasteiger partial charge in [0.05, 0.1) is 17.3 Å². The molecular formula is C10H11BrN2O2. The van der Waals surface area contributed by atoms with E-state index in [1.54, 1.807) is 25.4 Å². The van der Waals surface area contributed by atoms with Crippen molar-refractivity contribution in [3.05, 3.63) is 28.0 Å². The normalized spacial score (nSPS) is 11.3. The molecule has 0 aliphatic rings. The highest BCUT2D eigenvalue weighted by Gasteiger charge is 2.06. The van der Waals surface area contributed by atoms with E-state index in [0.29, 0.717) is 21.3 Å². The van der Waals surface area contributed by atoms with Crippen molar-refractivity contribution < 1.29 is 9.53 Å². The van der Waals surface area contributed by atoms with Crippen LogP contribution < -0.4 is 5.73 Å². The standard InChI is InChI=1S/C10H11BrN2O2/c1-6(10(14)15-2)3-7-4-13-5-8(11)9(7)12/h3-5H,1-2H3,(H2,12,13)/b6-3+. The number of methoxy groups -OCH3 is 1. The second-order valence-corrected chi connectivity index (χ2v) is 3.80. The van der Waals surface area contributed by atoms with Gasteiger partial charge in [-0.25, -0.2) is 4.79 Å². The van der Waals surface area contributed by atoms with Crippen molar-refractivity contribution in [3.63, 3.8) is 0 Å². The minimum absolute atomic E-state index is 0.380. The highest BCUT2D eigenvalue weighted by atomic mass is 79.9. The predicted octanol–water partition coefficient (Wildman–Crippen LogP) is 2.00. The number of ether oxygens (including phenoxy) is 1. The molecule has 0 bridgehead atoms. The van der Waals surface area contributed by atoms with Crippen LogP contribution >= 0.6 is 15.9 Å². The number of hydrogen-bond donors (Lipinski definition) is 1. The van der Waals surface area contributed by atoms with E-state index >= 15 is 0 Å². The molecular weight excluding hydrogens is 260 g/mol. The van der Waals surface area contributed by atoms with Gasteiger partial charge in [-0.05, 0) is 28.9 Å². The fourth-order valence-corrected chi connectivity index (χ4v) is 1.38. The van der Waals surface area contributed by atoms with Crippen molar-refractivity contribution in [2.45, 2.75) is 6.92 Å². The lowest BCUT2D eigenvalue weighted by Crippen LogP contribution is -2.02. The zero-order chi connectivity index (χ0) is 11.4. The Morgan fingerprint density at radius 1 is 1.60 bits per heavy atom. The highest BCUT2D eigenvalue weighted by molar-refractivity contribution is 9.10. The Hall–Kier alpha value is -1.36. The molecule has 0 aliphatic heterocycles. The third-order valence-corrected chi connectivity index (χ3v) is 2.48. The summed E-state index contributed by atoms with van der Waals surface area (Å²) in [6, 6.07) is 0. The van der Waals surface area contributed by atoms with Crippen LogP contribution in [0.15, 0.2) is 22.4 Å². The number of esters is 1. The summed E-state index contributed by atoms with van der Waals surface area (Å²) in [5, 5.41) is 0. The number of aromatic nitrogens is 1. The average Bonchev–Trinajstić information content (AvgIpc) is 2.23. The lowest BCUT2D eigenvalue weighted by molar-refractivity contribution is -0.135. The van der Waals surface area contributed by atoms with Gasteiger partial charge >= 0.3 is 5.97 Å². The zero-order valence-corrected chi connectivity index (χ0v) is 10.0. The average molecular weight is 271 g/mol. The first kappa shape index (κ1) is 11.7. The molecule has 0 saturated heterocycles. The SMILES string of the molecule is COC(=O)/C(C)=C/c1cncc(Br)c1N. The number of nitrogens with two attached hydrogens (primary N) is 1. The summed E-state index contributed by atoms with van der Waals surface area (Å²) in [6.45, 7) is 1.66. The maximum atomic E-state index is 11.1. The molecule has 0 spiro atoms. The van der Waals surface area contributed by atoms with Crippen LogP contribution in [-0.4, -0.2) is 18.1 Å². The molecule has 0 fully saturated rings. The molecule has 2 N–H and O–H groups in total. The largest absolute Gasteiger partial charge is 0.466 e. The summed E-state index contributed by atoms with van der Waals surface area (Å²) in [7, 11) is 1.34. The molecule has 1 aromatic rings. The third-order valence-electron chi connectivity index (χ3n) is 1.85. The van der Waals surface area contributed by atoms with Crippen LogP contribution in [0.1, 0.15) is 12.5 Å². The van der Waals surface area contributed by atoms with E-state index < -0.39 is 0 Å². The number of pyridine rings is 1. The van der Waals surface area contributed by atoms with Gasteiger partial charge in [-0.3, -0.25) is 4.98 Å². The van der Waals surface area contributed by atoms with Gasteiger partial charge < -0.3 is 10.5 Å². The third kappa shape index (κ3) is 2.79. The fourth-order valence-electron chi connectivity index (χ4n) is 1.03. The van der Waals surface area contributed by atoms with Crippen molar-refractivity contribution in [1.82, 2.24) is 4.98 Å². The molecule has 1 heterocycles. The maximum Gasteiger partial charge on any atom is 0.333 e. The second kappa shape index (κ2) is 4.93. The van der Waals surface area contributed by atoms with E-state index in [4.69, 9.17) is 5.73 Å². The maximum absolute atomic E-state index is 11.1. The van der Waals surface area contributed by atoms with Gasteiger partial charge in [0.25, 0.3) is 0 Å². The Morgan fingerprint density at radius 2 is 2.27 bits per heavy atom. The van der Waals surface area contributed by atoms with Crippen molar-refractivity contribution >= 4 is 33.7 Å². The Kier molecular flexibility index (Phi) is 3.85. The molecule has 0 saturated carbocycles. The van der Waals surface area contributed by atoms with Crippen LogP contribution in [0.25, 0.3) is 6.08 Å². The van der Waals surface area contributed by atoms with Crippen LogP contribution in [0.2, 0.25) is 0 Å². The van der Waals surface area contributed by atoms with Crippen molar-refractivity contribution in [2.75, 3.05) is 12.8 Å². The molecule has 5 heteroatoms. The van der Waals surface area contributed by atoms with Crippen LogP contribution in [0, 0.1) is 0 Å². The molecule has 0 aromatic carbocycles. The van der Waals surface area contributed by atoms with E-state index in [0.717, 1.165) is 0 Å². The lowest BCUT2D eigenvalue weighted by Gasteiger charge is -2.03. The van der Waals surface area contributed by atoms with Gasteiger partial charge in [0.1, 0.15) is 0 Å². The van der Waals surface area contributed by atoms with Crippen LogP contribution in [0.4, 0.5) is 5.69 Å². The van der Waals surface area contributed by atoms with Gasteiger partial charge in [0.2, 0.25) is 0 Å². The van der Waals surface area contributed by atoms with Gasteiger partial charge in [-0.15, -0.1) is 0 Å². The molecule has 80 valence electrons. The van der Waals surface area contributed by atoms with Crippen LogP contribution in [0.5, 0.6) is 0 Å². The predicted molar refractivity (Wildman–Crippen MR) is 62.0 cm³/mol. The number of nitrogen functional groups attached to an aromatic ring is 1. The Labute approximate surface area is 96.3 Å². The quantitative estimate of drug-likeness (QED) is 0.660. The van der Waals surface area contributed by atoms with Gasteiger partial charge in [0.15, 0.2) is 0 Å². The van der Waals surface area contributed by atoms with E-state index in [9.17, 15) is 4.79 Å². The zero-order valence-electron chi connectivity index (χ0n) is 8.45. The lowest BCUT2D eigenvalue weighted by atomic mass is 10.1. The molecule has 1 aromatic heterocycles. The number of hydrogen-bond acceptors (Lipinski definition) is 4. The van der Waals surface area contributed by atoms with E-state index in [2.05, 4.69) is 25.7 Å². The van der Waals surface area contributed by atoms with Crippen molar-refractivity contribution in [3.8, 4) is 0 Å². The number of carbonyl (C=O) groups is 1. The monoisotopic (exact) mass is 270 g/mol. The second-order valence-electron chi connectivity index (χ2n) is 2.94. The molecule has 0 amide bonds. The molecule has 1 rings (SSSR count). The smallest absolute Gasteiger partial charge is 0.333 e. The molecule has 15 heavy (non-hydrogen) atoms. The first-order valence-corrected chi connectivity index (χ1v) is 5.01. The molecule has 4 nitrogen and oxygen atoms in total. The minimum atomic E-state index is -0.380. The summed E-state index contributed by atoms with van der Waals surface area (Å²) < 4.78 is 5.28. The van der Waals surface area contributed by atoms with Crippen LogP contribution in [-0.2, 0) is 9.53 Å². The topological polar surface area (TPSA) is 65.2 Å². The van der Waals surface area contributed by atoms with Crippen molar-refractivity contribution in [2.24, 2.45) is 0 Å². The number of anilines is 1. The fraction of sp³-hybridized carbons (Fsp3) is 0.200. The number of rotatable bonds is 2. The summed E-state index contributed by atoms with van der Waals surface area (Å²) in [5.41, 5.74) is 7.50. The Balaban J connectivity index is 3.08. The van der Waals surface area contributed by atoms with E-state index in [-0.39, 0.29) is 5.97 Å². The Bertz CT molecular complexity index is 416. The summed E-state index contributed by atoms with van der Waals surface area (Å²) in [4.78, 5) is 15.1. The van der Waals surface area contributed by atoms with Gasteiger partial charge in [0, 0.05) is 23.5 Å². The first-order valence-electron chi connectivity index (χ1n) is 4.22. The van der Waals surface area contributed by atoms with Gasteiger partial charge in [-0.1, -0.05) is 0 Å². The summed E-state index contributed by atoms with van der Waals surface area (Å²) in [6.07, 6.45) is 4.83. The number of halogens is 1. The minimum Gasteiger partial charge on any atom is -0.466 e. The molecule has 0 atom stereocenters. The number of carbonyl (C=O) groups excluding carboxylic acids is 1.